The van der Waals surface area contributed by atoms with Gasteiger partial charge in [0.15, 0.2) is 0 Å². The maximum atomic E-state index is 10.8. The van der Waals surface area contributed by atoms with E-state index < -0.39 is 4.92 Å². The van der Waals surface area contributed by atoms with Crippen LogP contribution in [0.1, 0.15) is 0 Å². The Hall–Kier alpha value is -0.950. The summed E-state index contributed by atoms with van der Waals surface area (Å²) in [6.07, 6.45) is 1.89. The van der Waals surface area contributed by atoms with Crippen LogP contribution in [0.15, 0.2) is 18.3 Å². The molecule has 0 aliphatic carbocycles. The summed E-state index contributed by atoms with van der Waals surface area (Å²) in [4.78, 5) is 10.3. The van der Waals surface area contributed by atoms with Gasteiger partial charge >= 0.3 is 0 Å². The first-order chi connectivity index (χ1) is 7.13. The van der Waals surface area contributed by atoms with E-state index in [1.807, 2.05) is 0 Å². The van der Waals surface area contributed by atoms with Gasteiger partial charge in [-0.2, -0.15) is 5.10 Å². The first-order valence-electron chi connectivity index (χ1n) is 3.92. The van der Waals surface area contributed by atoms with Crippen LogP contribution < -0.4 is 5.73 Å². The van der Waals surface area contributed by atoms with Crippen LogP contribution in [0, 0.1) is 10.1 Å². The van der Waals surface area contributed by atoms with Crippen molar-refractivity contribution in [3.8, 4) is 0 Å². The molecule has 1 aromatic carbocycles. The van der Waals surface area contributed by atoms with Gasteiger partial charge < -0.3 is 5.73 Å². The average Bonchev–Trinajstić information content (AvgIpc) is 2.58. The van der Waals surface area contributed by atoms with Gasteiger partial charge in [-0.1, -0.05) is 0 Å². The highest BCUT2D eigenvalue weighted by atomic mass is 127. The number of anilines is 1. The van der Waals surface area contributed by atoms with E-state index in [2.05, 4.69) is 27.1 Å². The molecule has 8 heteroatoms. The Morgan fingerprint density at radius 1 is 1.60 bits per heavy atom. The van der Waals surface area contributed by atoms with Crippen LogP contribution in [0.5, 0.6) is 0 Å². The SMILES string of the molecule is Nc1cc([N+](=O)[O-])c2cnn(PI)c2c1. The van der Waals surface area contributed by atoms with Crippen LogP contribution in [0.3, 0.4) is 0 Å². The maximum absolute atomic E-state index is 10.8. The number of aromatic nitrogens is 2. The van der Waals surface area contributed by atoms with Gasteiger partial charge in [0.1, 0.15) is 0 Å². The molecule has 2 rings (SSSR count). The van der Waals surface area contributed by atoms with E-state index in [0.717, 1.165) is 0 Å². The molecule has 0 saturated heterocycles. The number of nitrogens with zero attached hydrogens (tertiary/aromatic N) is 3. The maximum Gasteiger partial charge on any atom is 0.282 e. The molecule has 0 amide bonds. The van der Waals surface area contributed by atoms with Crippen LogP contribution >= 0.6 is 28.4 Å². The minimum atomic E-state index is -0.443. The molecule has 6 nitrogen and oxygen atoms in total. The molecule has 2 N–H and O–H groups in total. The number of hydrogen-bond donors (Lipinski definition) is 1. The first kappa shape index (κ1) is 10.6. The van der Waals surface area contributed by atoms with E-state index in [1.54, 1.807) is 10.5 Å². The number of rotatable bonds is 2. The van der Waals surface area contributed by atoms with E-state index in [4.69, 9.17) is 5.73 Å². The third-order valence-corrected chi connectivity index (χ3v) is 3.85. The second-order valence-electron chi connectivity index (χ2n) is 2.87. The number of fused-ring (bicyclic) bond motifs is 1. The molecule has 1 atom stereocenters. The Kier molecular flexibility index (Phi) is 2.74. The molecular weight excluding hydrogens is 330 g/mol. The van der Waals surface area contributed by atoms with Gasteiger partial charge in [-0.25, -0.2) is 4.45 Å². The molecule has 0 spiro atoms. The van der Waals surface area contributed by atoms with Crippen LogP contribution in [-0.2, 0) is 0 Å². The van der Waals surface area contributed by atoms with Crippen molar-refractivity contribution >= 4 is 50.7 Å². The van der Waals surface area contributed by atoms with Crippen molar-refractivity contribution in [2.45, 2.75) is 0 Å². The van der Waals surface area contributed by atoms with Gasteiger partial charge in [0, 0.05) is 11.8 Å². The lowest BCUT2D eigenvalue weighted by atomic mass is 10.2. The monoisotopic (exact) mass is 336 g/mol. The van der Waals surface area contributed by atoms with Crippen LogP contribution in [0.2, 0.25) is 0 Å². The number of nitro groups is 1. The summed E-state index contributed by atoms with van der Waals surface area (Å²) >= 11 is 2.16. The molecule has 0 radical (unpaired) electrons. The lowest BCUT2D eigenvalue weighted by Gasteiger charge is -1.99. The van der Waals surface area contributed by atoms with Gasteiger partial charge in [0.2, 0.25) is 0 Å². The fourth-order valence-corrected chi connectivity index (χ4v) is 2.88. The molecular formula is C7H6IN4O2P. The number of halogens is 1. The number of benzene rings is 1. The summed E-state index contributed by atoms with van der Waals surface area (Å²) in [6, 6.07) is 3.05. The molecule has 1 aromatic heterocycles. The van der Waals surface area contributed by atoms with Crippen molar-refractivity contribution < 1.29 is 4.92 Å². The zero-order chi connectivity index (χ0) is 11.0. The standard InChI is InChI=1S/C7H6IN4O2P/c8-15-11-6-1-4(9)2-7(12(13)14)5(6)3-10-11/h1-3,15H,9H2. The number of non-ortho nitro benzene ring substituents is 1. The Morgan fingerprint density at radius 3 is 2.93 bits per heavy atom. The zero-order valence-electron chi connectivity index (χ0n) is 7.35. The molecule has 1 heterocycles. The lowest BCUT2D eigenvalue weighted by molar-refractivity contribution is -0.383. The predicted molar refractivity (Wildman–Crippen MR) is 68.5 cm³/mol. The smallest absolute Gasteiger partial charge is 0.282 e. The quantitative estimate of drug-likeness (QED) is 0.300. The molecule has 78 valence electrons. The first-order valence-corrected chi connectivity index (χ1v) is 7.98. The van der Waals surface area contributed by atoms with Crippen molar-refractivity contribution in [1.29, 1.82) is 0 Å². The molecule has 1 unspecified atom stereocenters. The van der Waals surface area contributed by atoms with E-state index >= 15 is 0 Å². The summed E-state index contributed by atoms with van der Waals surface area (Å²) in [5.74, 6) is 0. The third-order valence-electron chi connectivity index (χ3n) is 1.97. The summed E-state index contributed by atoms with van der Waals surface area (Å²) in [6.45, 7) is 0. The number of nitrogen functional groups attached to an aromatic ring is 1. The van der Waals surface area contributed by atoms with Crippen LogP contribution in [-0.4, -0.2) is 14.5 Å². The molecule has 0 saturated carbocycles. The Balaban J connectivity index is 2.82. The van der Waals surface area contributed by atoms with Gasteiger partial charge in [-0.05, 0) is 28.1 Å². The van der Waals surface area contributed by atoms with E-state index in [9.17, 15) is 10.1 Å². The Morgan fingerprint density at radius 2 is 2.33 bits per heavy atom. The van der Waals surface area contributed by atoms with Crippen molar-refractivity contribution in [2.24, 2.45) is 0 Å². The largest absolute Gasteiger partial charge is 0.398 e. The summed E-state index contributed by atoms with van der Waals surface area (Å²) < 4.78 is 1.69. The third kappa shape index (κ3) is 1.76. The van der Waals surface area contributed by atoms with Gasteiger partial charge in [0.25, 0.3) is 5.69 Å². The Labute approximate surface area is 99.3 Å². The van der Waals surface area contributed by atoms with Crippen molar-refractivity contribution in [2.75, 3.05) is 5.73 Å². The fraction of sp³-hybridized carbons (Fsp3) is 0. The van der Waals surface area contributed by atoms with Gasteiger partial charge in [-0.15, -0.1) is 0 Å². The highest BCUT2D eigenvalue weighted by Gasteiger charge is 2.16. The average molecular weight is 336 g/mol. The molecule has 0 aliphatic heterocycles. The molecule has 15 heavy (non-hydrogen) atoms. The number of nitro benzene ring substituents is 1. The highest BCUT2D eigenvalue weighted by molar-refractivity contribution is 14.2. The predicted octanol–water partition coefficient (Wildman–Crippen LogP) is 2.32. The van der Waals surface area contributed by atoms with Gasteiger partial charge in [-0.3, -0.25) is 10.1 Å². The minimum Gasteiger partial charge on any atom is -0.398 e. The summed E-state index contributed by atoms with van der Waals surface area (Å²) in [5.41, 5.74) is 6.69. The second kappa shape index (κ2) is 3.90. The highest BCUT2D eigenvalue weighted by Crippen LogP contribution is 2.34. The van der Waals surface area contributed by atoms with E-state index in [-0.39, 0.29) is 5.69 Å². The van der Waals surface area contributed by atoms with Crippen molar-refractivity contribution in [1.82, 2.24) is 9.55 Å². The van der Waals surface area contributed by atoms with E-state index in [0.29, 0.717) is 23.0 Å². The topological polar surface area (TPSA) is 87.0 Å². The molecule has 2 aromatic rings. The van der Waals surface area contributed by atoms with Crippen LogP contribution in [0.25, 0.3) is 10.9 Å². The lowest BCUT2D eigenvalue weighted by Crippen LogP contribution is -1.93. The minimum absolute atomic E-state index is 0.00546. The van der Waals surface area contributed by atoms with Gasteiger partial charge in [0.05, 0.1) is 28.4 Å². The zero-order valence-corrected chi connectivity index (χ0v) is 10.5. The van der Waals surface area contributed by atoms with Crippen LogP contribution in [0.4, 0.5) is 11.4 Å². The normalized spacial score (nSPS) is 11.5. The van der Waals surface area contributed by atoms with Crippen molar-refractivity contribution in [3.05, 3.63) is 28.4 Å². The Bertz CT molecular complexity index is 541. The fourth-order valence-electron chi connectivity index (χ4n) is 1.35. The molecule has 0 bridgehead atoms. The number of hydrogen-bond acceptors (Lipinski definition) is 4. The number of nitrogens with two attached hydrogens (primary N) is 1. The molecule has 0 fully saturated rings. The molecule has 0 aliphatic rings. The van der Waals surface area contributed by atoms with Crippen molar-refractivity contribution in [3.63, 3.8) is 0 Å². The second-order valence-corrected chi connectivity index (χ2v) is 4.91. The summed E-state index contributed by atoms with van der Waals surface area (Å²) in [7, 11) is 0. The summed E-state index contributed by atoms with van der Waals surface area (Å²) in [5, 5.41) is 15.4. The van der Waals surface area contributed by atoms with E-state index in [1.165, 1.54) is 12.3 Å².